The number of benzene rings is 1. The van der Waals surface area contributed by atoms with Crippen LogP contribution in [0.3, 0.4) is 0 Å². The molecule has 9 rings (SSSR count). The molecule has 25 nitrogen and oxygen atoms in total. The zero-order chi connectivity index (χ0) is 58.9. The summed E-state index contributed by atoms with van der Waals surface area (Å²) in [6.07, 6.45) is -0.821. The first-order chi connectivity index (χ1) is 40.0. The summed E-state index contributed by atoms with van der Waals surface area (Å²) in [4.78, 5) is 129. The van der Waals surface area contributed by atoms with Crippen molar-refractivity contribution < 1.29 is 48.1 Å². The minimum absolute atomic E-state index is 0.00318. The van der Waals surface area contributed by atoms with Gasteiger partial charge in [0.2, 0.25) is 11.8 Å². The first-order valence-electron chi connectivity index (χ1n) is 25.3. The third kappa shape index (κ3) is 14.3. The Hall–Kier alpha value is -7.88. The van der Waals surface area contributed by atoms with E-state index >= 15 is 0 Å². The van der Waals surface area contributed by atoms with Crippen molar-refractivity contribution in [3.05, 3.63) is 112 Å². The molecule has 432 valence electrons. The second-order valence-electron chi connectivity index (χ2n) is 18.5. The molecule has 8 aromatic rings. The molecule has 1 aliphatic heterocycles. The van der Waals surface area contributed by atoms with Gasteiger partial charge in [0, 0.05) is 60.0 Å². The normalized spacial score (nSPS) is 16.2. The van der Waals surface area contributed by atoms with Gasteiger partial charge in [-0.15, -0.1) is 68.0 Å². The van der Waals surface area contributed by atoms with E-state index in [2.05, 4.69) is 52.2 Å². The molecule has 0 spiro atoms. The van der Waals surface area contributed by atoms with Gasteiger partial charge in [0.05, 0.1) is 52.8 Å². The highest BCUT2D eigenvalue weighted by atomic mass is 32.1. The molecule has 0 unspecified atom stereocenters. The molecule has 7 aromatic heterocycles. The number of fused-ring (bicyclic) bond motifs is 14. The van der Waals surface area contributed by atoms with Gasteiger partial charge in [-0.25, -0.2) is 39.7 Å². The van der Waals surface area contributed by atoms with Gasteiger partial charge in [-0.05, 0) is 30.5 Å². The number of nitrogens with two attached hydrogens (primary N) is 1. The molecule has 8 heterocycles. The monoisotopic (exact) mass is 1240 g/mol. The zero-order valence-electron chi connectivity index (χ0n) is 44.8. The number of anilines is 1. The van der Waals surface area contributed by atoms with E-state index in [9.17, 15) is 38.7 Å². The molecule has 0 aliphatic carbocycles. The number of amides is 7. The molecule has 1 aromatic carbocycles. The van der Waals surface area contributed by atoms with Crippen LogP contribution in [0.5, 0.6) is 0 Å². The van der Waals surface area contributed by atoms with Crippen LogP contribution in [0, 0.1) is 12.8 Å². The van der Waals surface area contributed by atoms with Crippen molar-refractivity contribution in [3.8, 4) is 42.5 Å². The van der Waals surface area contributed by atoms with E-state index in [-0.39, 0.29) is 59.9 Å². The summed E-state index contributed by atoms with van der Waals surface area (Å²) >= 11 is 7.04. The highest BCUT2D eigenvalue weighted by Gasteiger charge is 2.33. The van der Waals surface area contributed by atoms with Gasteiger partial charge in [-0.3, -0.25) is 34.1 Å². The quantitative estimate of drug-likeness (QED) is 0.0645. The van der Waals surface area contributed by atoms with E-state index in [1.165, 1.54) is 48.2 Å². The minimum atomic E-state index is -1.29. The fourth-order valence-electron chi connectivity index (χ4n) is 8.17. The van der Waals surface area contributed by atoms with Crippen molar-refractivity contribution in [2.75, 3.05) is 45.7 Å². The first kappa shape index (κ1) is 59.7. The summed E-state index contributed by atoms with van der Waals surface area (Å²) in [7, 11) is 2.93. The molecule has 0 fully saturated rings. The third-order valence-corrected chi connectivity index (χ3v) is 18.2. The van der Waals surface area contributed by atoms with Crippen LogP contribution in [-0.2, 0) is 30.5 Å². The van der Waals surface area contributed by atoms with Crippen molar-refractivity contribution in [1.29, 1.82) is 0 Å². The van der Waals surface area contributed by atoms with Gasteiger partial charge in [-0.2, -0.15) is 0 Å². The number of aryl methyl sites for hydroxylation is 1. The molecular formula is C52H53N15O10S6. The Morgan fingerprint density at radius 1 is 0.759 bits per heavy atom. The number of aliphatic hydroxyl groups is 1. The van der Waals surface area contributed by atoms with E-state index in [0.717, 1.165) is 34.0 Å². The summed E-state index contributed by atoms with van der Waals surface area (Å²) in [5.41, 5.74) is 7.66. The average molecular weight is 1240 g/mol. The number of nitrogens with one attached hydrogen (secondary N) is 7. The number of hydrogen-bond donors (Lipinski definition) is 9. The van der Waals surface area contributed by atoms with Crippen LogP contribution in [0.1, 0.15) is 106 Å². The zero-order valence-corrected chi connectivity index (χ0v) is 49.7. The maximum Gasteiger partial charge on any atom is 0.413 e. The number of aliphatic hydroxyl groups excluding tert-OH is 1. The molecule has 1 aliphatic rings. The first-order valence-corrected chi connectivity index (χ1v) is 30.4. The molecule has 0 saturated carbocycles. The fraction of sp³-hybridized carbons (Fsp3) is 0.308. The number of methoxy groups -OCH3 is 1. The molecule has 0 saturated heterocycles. The van der Waals surface area contributed by atoms with Gasteiger partial charge in [-0.1, -0.05) is 44.2 Å². The van der Waals surface area contributed by atoms with Crippen molar-refractivity contribution in [2.45, 2.75) is 58.0 Å². The van der Waals surface area contributed by atoms with Crippen molar-refractivity contribution in [3.63, 3.8) is 0 Å². The van der Waals surface area contributed by atoms with Crippen LogP contribution >= 0.6 is 68.0 Å². The Morgan fingerprint density at radius 2 is 1.53 bits per heavy atom. The van der Waals surface area contributed by atoms with Crippen LogP contribution in [0.15, 0.2) is 64.8 Å². The molecule has 0 radical (unpaired) electrons. The van der Waals surface area contributed by atoms with Crippen LogP contribution in [0.4, 0.5) is 10.6 Å². The molecule has 83 heavy (non-hydrogen) atoms. The average Bonchev–Trinajstić information content (AvgIpc) is 3.56. The van der Waals surface area contributed by atoms with Crippen LogP contribution < -0.4 is 43.0 Å². The Kier molecular flexibility index (Phi) is 19.4. The fourth-order valence-corrected chi connectivity index (χ4v) is 13.8. The molecular weight excluding hydrogens is 1190 g/mol. The topological polar surface area (TPSA) is 359 Å². The van der Waals surface area contributed by atoms with Gasteiger partial charge in [0.1, 0.15) is 70.8 Å². The number of nitrogens with zero attached hydrogens (tertiary/aromatic N) is 7. The summed E-state index contributed by atoms with van der Waals surface area (Å²) in [5.74, 6) is -3.57. The second kappa shape index (κ2) is 27.0. The largest absolute Gasteiger partial charge is 0.439 e. The molecule has 10 bridgehead atoms. The van der Waals surface area contributed by atoms with E-state index in [4.69, 9.17) is 35.1 Å². The smallest absolute Gasteiger partial charge is 0.413 e. The number of ether oxygens (including phenoxy) is 2. The van der Waals surface area contributed by atoms with E-state index in [1.807, 2.05) is 13.8 Å². The van der Waals surface area contributed by atoms with E-state index in [1.54, 1.807) is 71.7 Å². The lowest BCUT2D eigenvalue weighted by Crippen LogP contribution is -2.40. The predicted molar refractivity (Wildman–Crippen MR) is 314 cm³/mol. The third-order valence-electron chi connectivity index (χ3n) is 12.3. The van der Waals surface area contributed by atoms with Gasteiger partial charge >= 0.3 is 6.09 Å². The Labute approximate surface area is 497 Å². The van der Waals surface area contributed by atoms with Crippen LogP contribution in [0.2, 0.25) is 0 Å². The lowest BCUT2D eigenvalue weighted by atomic mass is 10.0. The Morgan fingerprint density at radius 3 is 2.29 bits per heavy atom. The lowest BCUT2D eigenvalue weighted by molar-refractivity contribution is -0.124. The molecule has 7 amide bonds. The van der Waals surface area contributed by atoms with Crippen molar-refractivity contribution in [1.82, 2.24) is 66.8 Å². The maximum atomic E-state index is 14.3. The van der Waals surface area contributed by atoms with Crippen molar-refractivity contribution in [2.24, 2.45) is 11.7 Å². The highest BCUT2D eigenvalue weighted by molar-refractivity contribution is 7.19. The predicted octanol–water partition coefficient (Wildman–Crippen LogP) is 5.94. The summed E-state index contributed by atoms with van der Waals surface area (Å²) in [6, 6.07) is 9.37. The summed E-state index contributed by atoms with van der Waals surface area (Å²) in [5, 5.41) is 38.1. The number of carbonyl (C=O) groups excluding carboxylic acids is 7. The second-order valence-corrected chi connectivity index (χ2v) is 24.5. The number of thiazole rings is 6. The number of hydrogen-bond acceptors (Lipinski definition) is 24. The minimum Gasteiger partial charge on any atom is -0.439 e. The van der Waals surface area contributed by atoms with Gasteiger partial charge in [0.15, 0.2) is 6.61 Å². The van der Waals surface area contributed by atoms with Gasteiger partial charge in [0.25, 0.3) is 23.6 Å². The van der Waals surface area contributed by atoms with E-state index < -0.39 is 78.9 Å². The van der Waals surface area contributed by atoms with Crippen LogP contribution in [0.25, 0.3) is 42.5 Å². The SMILES string of the molecule is CNC(=O)C[C@@H]1NC(=O)c2csc(n2)-c2ccc(-c3nc(NC(=O)OCC(=O)NCCN)cs3)nc2-c2cnc(s2)-c2csc(n2)[C@H]([C@@H](O)c2ccccc2)NC(=O)CNC(=O)c2nc(sc2COC)[C@H](C(C)C)NC(=O)c2nc1sc2C. The number of rotatable bonds is 13. The lowest BCUT2D eigenvalue weighted by Gasteiger charge is -2.23. The number of aromatic nitrogens is 7. The summed E-state index contributed by atoms with van der Waals surface area (Å²) < 4.78 is 10.5. The number of pyridine rings is 1. The van der Waals surface area contributed by atoms with Crippen LogP contribution in [-0.4, -0.2) is 122 Å². The molecule has 10 N–H and O–H groups in total. The maximum absolute atomic E-state index is 14.3. The highest BCUT2D eigenvalue weighted by Crippen LogP contribution is 2.41. The van der Waals surface area contributed by atoms with E-state index in [0.29, 0.717) is 67.9 Å². The summed E-state index contributed by atoms with van der Waals surface area (Å²) in [6.45, 7) is 4.84. The Balaban J connectivity index is 1.10. The van der Waals surface area contributed by atoms with Gasteiger partial charge < -0.3 is 52.2 Å². The Bertz CT molecular complexity index is 3690. The molecule has 31 heteroatoms. The molecule has 4 atom stereocenters. The standard InChI is InChI=1S/C52H53N15O10S6/c1-23(2)37-51-67-40(32(83-51)18-76-5)44(73)56-17-35(69)64-41(42(71)25-9-7-6-8-10-25)50-61-30(21-79-50)47-57-16-31(82-47)39-26(11-12-27(58-39)48-62-33(22-80-48)63-52(75)77-19-36(70)55-14-13-53)46-60-29(20-78-46)43(72)59-28(15-34(68)54-4)49-66-38(24(3)81-49)45(74)65-37/h6-12,16,20-23,28,37,41-42,71H,13-15,17-19,53H2,1-5H3,(H,54,68)(H,55,70)(H,56,73)(H,59,72)(H,63,75)(H,64,69)(H,65,74)/t28-,37-,41-,42-/m0/s1. The number of carbonyl (C=O) groups is 7. The van der Waals surface area contributed by atoms with Crippen molar-refractivity contribution >= 4 is 115 Å².